The Bertz CT molecular complexity index is 477. The normalized spacial score (nSPS) is 11.3. The highest BCUT2D eigenvalue weighted by atomic mass is 16.5. The first-order valence-corrected chi connectivity index (χ1v) is 5.58. The van der Waals surface area contributed by atoms with E-state index in [4.69, 9.17) is 8.94 Å². The van der Waals surface area contributed by atoms with Crippen LogP contribution in [-0.4, -0.2) is 27.3 Å². The van der Waals surface area contributed by atoms with Crippen molar-refractivity contribution < 1.29 is 8.94 Å². The van der Waals surface area contributed by atoms with Crippen LogP contribution in [-0.2, 0) is 19.5 Å². The van der Waals surface area contributed by atoms with Gasteiger partial charge in [0.05, 0.1) is 12.2 Å². The van der Waals surface area contributed by atoms with Gasteiger partial charge >= 0.3 is 0 Å². The zero-order chi connectivity index (χ0) is 12.3. The van der Waals surface area contributed by atoms with Gasteiger partial charge < -0.3 is 8.94 Å². The van der Waals surface area contributed by atoms with Crippen molar-refractivity contribution in [2.75, 3.05) is 7.05 Å². The highest BCUT2D eigenvalue weighted by molar-refractivity contribution is 5.14. The van der Waals surface area contributed by atoms with Crippen molar-refractivity contribution in [2.45, 2.75) is 33.4 Å². The van der Waals surface area contributed by atoms with Gasteiger partial charge in [-0.25, -0.2) is 0 Å². The maximum Gasteiger partial charge on any atom is 0.230 e. The number of aryl methyl sites for hydroxylation is 2. The highest BCUT2D eigenvalue weighted by Crippen LogP contribution is 2.11. The molecule has 0 radical (unpaired) electrons. The summed E-state index contributed by atoms with van der Waals surface area (Å²) >= 11 is 0. The Morgan fingerprint density at radius 1 is 1.29 bits per heavy atom. The van der Waals surface area contributed by atoms with Gasteiger partial charge in [-0.2, -0.15) is 0 Å². The molecule has 0 fully saturated rings. The van der Waals surface area contributed by atoms with Crippen molar-refractivity contribution in [1.82, 2.24) is 20.3 Å². The standard InChI is InChI=1S/C11H16N4O2/c1-4-10-9(7-16-14-10)5-15(3)6-11-13-12-8(2)17-11/h7H,4-6H2,1-3H3. The van der Waals surface area contributed by atoms with Crippen LogP contribution >= 0.6 is 0 Å². The van der Waals surface area contributed by atoms with Gasteiger partial charge in [0, 0.05) is 19.0 Å². The van der Waals surface area contributed by atoms with Crippen molar-refractivity contribution in [3.05, 3.63) is 29.3 Å². The van der Waals surface area contributed by atoms with Crippen molar-refractivity contribution in [3.8, 4) is 0 Å². The van der Waals surface area contributed by atoms with E-state index in [2.05, 4.69) is 27.2 Å². The summed E-state index contributed by atoms with van der Waals surface area (Å²) in [6, 6.07) is 0. The number of rotatable bonds is 5. The third-order valence-corrected chi connectivity index (χ3v) is 2.48. The molecule has 17 heavy (non-hydrogen) atoms. The lowest BCUT2D eigenvalue weighted by Gasteiger charge is -2.13. The second-order valence-electron chi connectivity index (χ2n) is 4.03. The zero-order valence-corrected chi connectivity index (χ0v) is 10.3. The van der Waals surface area contributed by atoms with Crippen LogP contribution in [0.15, 0.2) is 15.2 Å². The molecule has 2 aromatic rings. The van der Waals surface area contributed by atoms with Gasteiger partial charge in [0.25, 0.3) is 0 Å². The third-order valence-electron chi connectivity index (χ3n) is 2.48. The summed E-state index contributed by atoms with van der Waals surface area (Å²) < 4.78 is 10.3. The van der Waals surface area contributed by atoms with Gasteiger partial charge in [-0.1, -0.05) is 12.1 Å². The zero-order valence-electron chi connectivity index (χ0n) is 10.3. The van der Waals surface area contributed by atoms with E-state index >= 15 is 0 Å². The van der Waals surface area contributed by atoms with Crippen LogP contribution in [0.1, 0.15) is 30.0 Å². The molecule has 0 unspecified atom stereocenters. The third kappa shape index (κ3) is 2.91. The Morgan fingerprint density at radius 3 is 2.76 bits per heavy atom. The summed E-state index contributed by atoms with van der Waals surface area (Å²) in [4.78, 5) is 2.08. The Labute approximate surface area is 99.6 Å². The molecule has 6 heteroatoms. The Kier molecular flexibility index (Phi) is 3.53. The van der Waals surface area contributed by atoms with Crippen LogP contribution in [0.2, 0.25) is 0 Å². The van der Waals surface area contributed by atoms with Gasteiger partial charge in [0.1, 0.15) is 6.26 Å². The Balaban J connectivity index is 1.95. The highest BCUT2D eigenvalue weighted by Gasteiger charge is 2.11. The van der Waals surface area contributed by atoms with Crippen LogP contribution in [0.3, 0.4) is 0 Å². The molecule has 6 nitrogen and oxygen atoms in total. The van der Waals surface area contributed by atoms with Crippen LogP contribution in [0.4, 0.5) is 0 Å². The maximum absolute atomic E-state index is 5.33. The first-order chi connectivity index (χ1) is 8.19. The predicted molar refractivity (Wildman–Crippen MR) is 60.1 cm³/mol. The molecule has 0 aliphatic heterocycles. The van der Waals surface area contributed by atoms with E-state index in [1.807, 2.05) is 7.05 Å². The predicted octanol–water partition coefficient (Wildman–Crippen LogP) is 1.56. The molecule has 2 rings (SSSR count). The van der Waals surface area contributed by atoms with Gasteiger partial charge in [-0.05, 0) is 13.5 Å². The molecule has 0 saturated carbocycles. The summed E-state index contributed by atoms with van der Waals surface area (Å²) in [5.74, 6) is 1.21. The van der Waals surface area contributed by atoms with Crippen LogP contribution in [0, 0.1) is 6.92 Å². The fraction of sp³-hybridized carbons (Fsp3) is 0.545. The molecule has 0 bridgehead atoms. The van der Waals surface area contributed by atoms with Gasteiger partial charge in [-0.3, -0.25) is 4.90 Å². The second-order valence-corrected chi connectivity index (χ2v) is 4.03. The molecule has 0 saturated heterocycles. The SMILES string of the molecule is CCc1nocc1CN(C)Cc1nnc(C)o1. The summed E-state index contributed by atoms with van der Waals surface area (Å²) in [6.45, 7) is 5.22. The van der Waals surface area contributed by atoms with E-state index in [1.165, 1.54) is 0 Å². The van der Waals surface area contributed by atoms with Gasteiger partial charge in [-0.15, -0.1) is 10.2 Å². The number of nitrogens with zero attached hydrogens (tertiary/aromatic N) is 4. The first-order valence-electron chi connectivity index (χ1n) is 5.58. The molecule has 2 aromatic heterocycles. The summed E-state index contributed by atoms with van der Waals surface area (Å²) in [5.41, 5.74) is 2.10. The minimum absolute atomic E-state index is 0.590. The molecule has 0 aliphatic rings. The summed E-state index contributed by atoms with van der Waals surface area (Å²) in [5, 5.41) is 11.7. The average Bonchev–Trinajstić information content (AvgIpc) is 2.87. The van der Waals surface area contributed by atoms with E-state index in [0.29, 0.717) is 18.3 Å². The van der Waals surface area contributed by atoms with Crippen molar-refractivity contribution in [1.29, 1.82) is 0 Å². The van der Waals surface area contributed by atoms with E-state index in [1.54, 1.807) is 13.2 Å². The first kappa shape index (κ1) is 11.8. The van der Waals surface area contributed by atoms with E-state index in [-0.39, 0.29) is 0 Å². The fourth-order valence-electron chi connectivity index (χ4n) is 1.68. The molecule has 2 heterocycles. The molecule has 0 N–H and O–H groups in total. The van der Waals surface area contributed by atoms with E-state index in [9.17, 15) is 0 Å². The second kappa shape index (κ2) is 5.09. The minimum atomic E-state index is 0.590. The van der Waals surface area contributed by atoms with Crippen LogP contribution in [0.25, 0.3) is 0 Å². The summed E-state index contributed by atoms with van der Waals surface area (Å²) in [6.07, 6.45) is 2.56. The van der Waals surface area contributed by atoms with Gasteiger partial charge in [0.2, 0.25) is 11.8 Å². The molecule has 0 atom stereocenters. The molecule has 92 valence electrons. The molecule has 0 aliphatic carbocycles. The number of hydrogen-bond acceptors (Lipinski definition) is 6. The van der Waals surface area contributed by atoms with E-state index < -0.39 is 0 Å². The van der Waals surface area contributed by atoms with Crippen molar-refractivity contribution >= 4 is 0 Å². The molecule has 0 amide bonds. The van der Waals surface area contributed by atoms with Crippen molar-refractivity contribution in [2.24, 2.45) is 0 Å². The Hall–Kier alpha value is -1.69. The molecular weight excluding hydrogens is 220 g/mol. The van der Waals surface area contributed by atoms with Crippen molar-refractivity contribution in [3.63, 3.8) is 0 Å². The van der Waals surface area contributed by atoms with E-state index in [0.717, 1.165) is 24.2 Å². The number of hydrogen-bond donors (Lipinski definition) is 0. The smallest absolute Gasteiger partial charge is 0.230 e. The van der Waals surface area contributed by atoms with Crippen LogP contribution < -0.4 is 0 Å². The number of aromatic nitrogens is 3. The minimum Gasteiger partial charge on any atom is -0.424 e. The maximum atomic E-state index is 5.33. The fourth-order valence-corrected chi connectivity index (χ4v) is 1.68. The Morgan fingerprint density at radius 2 is 2.12 bits per heavy atom. The molecular formula is C11H16N4O2. The molecule has 0 aromatic carbocycles. The van der Waals surface area contributed by atoms with Crippen LogP contribution in [0.5, 0.6) is 0 Å². The average molecular weight is 236 g/mol. The lowest BCUT2D eigenvalue weighted by atomic mass is 10.2. The lowest BCUT2D eigenvalue weighted by molar-refractivity contribution is 0.277. The monoisotopic (exact) mass is 236 g/mol. The van der Waals surface area contributed by atoms with Gasteiger partial charge in [0.15, 0.2) is 0 Å². The topological polar surface area (TPSA) is 68.2 Å². The largest absolute Gasteiger partial charge is 0.424 e. The quantitative estimate of drug-likeness (QED) is 0.784. The lowest BCUT2D eigenvalue weighted by Crippen LogP contribution is -2.18. The summed E-state index contributed by atoms with van der Waals surface area (Å²) in [7, 11) is 1.99. The molecule has 0 spiro atoms.